The van der Waals surface area contributed by atoms with Gasteiger partial charge in [-0.15, -0.1) is 6.58 Å². The van der Waals surface area contributed by atoms with Gasteiger partial charge >= 0.3 is 0 Å². The topological polar surface area (TPSA) is 38.7 Å². The predicted octanol–water partition coefficient (Wildman–Crippen LogP) is 0.932. The van der Waals surface area contributed by atoms with Gasteiger partial charge in [-0.3, -0.25) is 0 Å². The maximum Gasteiger partial charge on any atom is 0.186 e. The van der Waals surface area contributed by atoms with E-state index in [0.717, 1.165) is 0 Å². The molecule has 0 amide bonds. The molecule has 0 spiro atoms. The van der Waals surface area contributed by atoms with Gasteiger partial charge in [0.25, 0.3) is 0 Å². The van der Waals surface area contributed by atoms with E-state index in [4.69, 9.17) is 9.47 Å². The van der Waals surface area contributed by atoms with E-state index < -0.39 is 12.4 Å². The molecule has 1 atom stereocenters. The average molecular weight is 160 g/mol. The van der Waals surface area contributed by atoms with Gasteiger partial charge in [0.1, 0.15) is 6.10 Å². The molecule has 66 valence electrons. The fraction of sp³-hybridized carbons (Fsp3) is 0.750. The van der Waals surface area contributed by atoms with Crippen molar-refractivity contribution in [3.05, 3.63) is 12.7 Å². The second-order valence-electron chi connectivity index (χ2n) is 2.01. The zero-order valence-electron chi connectivity index (χ0n) is 7.12. The van der Waals surface area contributed by atoms with Gasteiger partial charge in [0.05, 0.1) is 0 Å². The summed E-state index contributed by atoms with van der Waals surface area (Å²) in [7, 11) is 0. The summed E-state index contributed by atoms with van der Waals surface area (Å²) in [5.74, 6) is 0. The van der Waals surface area contributed by atoms with Crippen molar-refractivity contribution in [1.82, 2.24) is 0 Å². The average Bonchev–Trinajstić information content (AvgIpc) is 2.03. The standard InChI is InChI=1S/C8H16O3/c1-4-7(9)8(10-5-2)11-6-3/h4,7-9H,1,5-6H2,2-3H3. The minimum Gasteiger partial charge on any atom is -0.384 e. The molecule has 0 saturated carbocycles. The van der Waals surface area contributed by atoms with Crippen molar-refractivity contribution in [1.29, 1.82) is 0 Å². The molecule has 11 heavy (non-hydrogen) atoms. The molecule has 0 aliphatic heterocycles. The molecule has 0 radical (unpaired) electrons. The molecule has 3 heteroatoms. The molecule has 0 bridgehead atoms. The lowest BCUT2D eigenvalue weighted by Crippen LogP contribution is -2.30. The predicted molar refractivity (Wildman–Crippen MR) is 43.2 cm³/mol. The summed E-state index contributed by atoms with van der Waals surface area (Å²) in [5.41, 5.74) is 0. The Kier molecular flexibility index (Phi) is 6.12. The first kappa shape index (κ1) is 10.6. The van der Waals surface area contributed by atoms with Gasteiger partial charge in [-0.25, -0.2) is 0 Å². The number of rotatable bonds is 6. The molecule has 3 nitrogen and oxygen atoms in total. The highest BCUT2D eigenvalue weighted by Gasteiger charge is 2.15. The van der Waals surface area contributed by atoms with Crippen LogP contribution in [-0.2, 0) is 9.47 Å². The number of ether oxygens (including phenoxy) is 2. The zero-order chi connectivity index (χ0) is 8.69. The van der Waals surface area contributed by atoms with Gasteiger partial charge in [0, 0.05) is 13.2 Å². The summed E-state index contributed by atoms with van der Waals surface area (Å²) >= 11 is 0. The SMILES string of the molecule is C=CC(O)C(OCC)OCC. The van der Waals surface area contributed by atoms with Crippen LogP contribution in [-0.4, -0.2) is 30.7 Å². The normalized spacial score (nSPS) is 13.5. The lowest BCUT2D eigenvalue weighted by atomic mass is 10.3. The molecule has 0 fully saturated rings. The van der Waals surface area contributed by atoms with Gasteiger partial charge in [0.15, 0.2) is 6.29 Å². The van der Waals surface area contributed by atoms with E-state index in [1.165, 1.54) is 6.08 Å². The molecule has 0 aromatic rings. The number of aliphatic hydroxyl groups is 1. The third-order valence-electron chi connectivity index (χ3n) is 1.18. The van der Waals surface area contributed by atoms with Gasteiger partial charge in [0.2, 0.25) is 0 Å². The summed E-state index contributed by atoms with van der Waals surface area (Å²) in [4.78, 5) is 0. The van der Waals surface area contributed by atoms with Crippen LogP contribution in [0.1, 0.15) is 13.8 Å². The first-order valence-electron chi connectivity index (χ1n) is 3.80. The third-order valence-corrected chi connectivity index (χ3v) is 1.18. The molecular weight excluding hydrogens is 144 g/mol. The summed E-state index contributed by atoms with van der Waals surface area (Å²) in [6.07, 6.45) is 0.0908. The lowest BCUT2D eigenvalue weighted by Gasteiger charge is -2.19. The molecule has 0 saturated heterocycles. The smallest absolute Gasteiger partial charge is 0.186 e. The second kappa shape index (κ2) is 6.34. The number of hydrogen-bond acceptors (Lipinski definition) is 3. The van der Waals surface area contributed by atoms with Gasteiger partial charge in [-0.2, -0.15) is 0 Å². The Morgan fingerprint density at radius 2 is 1.82 bits per heavy atom. The Bertz CT molecular complexity index is 97.5. The second-order valence-corrected chi connectivity index (χ2v) is 2.01. The Labute approximate surface area is 67.6 Å². The van der Waals surface area contributed by atoms with Crippen molar-refractivity contribution in [3.63, 3.8) is 0 Å². The van der Waals surface area contributed by atoms with E-state index in [0.29, 0.717) is 13.2 Å². The van der Waals surface area contributed by atoms with Crippen molar-refractivity contribution in [3.8, 4) is 0 Å². The van der Waals surface area contributed by atoms with E-state index in [1.807, 2.05) is 13.8 Å². The van der Waals surface area contributed by atoms with Crippen molar-refractivity contribution in [2.75, 3.05) is 13.2 Å². The highest BCUT2D eigenvalue weighted by atomic mass is 16.7. The zero-order valence-corrected chi connectivity index (χ0v) is 7.12. The Morgan fingerprint density at radius 3 is 2.09 bits per heavy atom. The van der Waals surface area contributed by atoms with Crippen LogP contribution in [0.15, 0.2) is 12.7 Å². The summed E-state index contributed by atoms with van der Waals surface area (Å²) < 4.78 is 10.2. The monoisotopic (exact) mass is 160 g/mol. The molecule has 0 aliphatic carbocycles. The minimum atomic E-state index is -0.741. The Hall–Kier alpha value is -0.380. The molecular formula is C8H16O3. The number of aliphatic hydroxyl groups excluding tert-OH is 1. The first-order chi connectivity index (χ1) is 5.26. The Balaban J connectivity index is 3.75. The maximum atomic E-state index is 9.21. The van der Waals surface area contributed by atoms with E-state index in [1.54, 1.807) is 0 Å². The molecule has 0 heterocycles. The summed E-state index contributed by atoms with van der Waals surface area (Å²) in [6, 6.07) is 0. The van der Waals surface area contributed by atoms with Crippen LogP contribution in [0.25, 0.3) is 0 Å². The molecule has 1 N–H and O–H groups in total. The van der Waals surface area contributed by atoms with Crippen LogP contribution in [0, 0.1) is 0 Å². The van der Waals surface area contributed by atoms with Crippen LogP contribution in [0.5, 0.6) is 0 Å². The quantitative estimate of drug-likeness (QED) is 0.464. The van der Waals surface area contributed by atoms with Crippen LogP contribution in [0.2, 0.25) is 0 Å². The fourth-order valence-electron chi connectivity index (χ4n) is 0.685. The fourth-order valence-corrected chi connectivity index (χ4v) is 0.685. The molecule has 0 rings (SSSR count). The van der Waals surface area contributed by atoms with Crippen LogP contribution < -0.4 is 0 Å². The third kappa shape index (κ3) is 4.14. The van der Waals surface area contributed by atoms with E-state index in [-0.39, 0.29) is 0 Å². The van der Waals surface area contributed by atoms with Crippen molar-refractivity contribution in [2.24, 2.45) is 0 Å². The number of hydrogen-bond donors (Lipinski definition) is 1. The van der Waals surface area contributed by atoms with Crippen molar-refractivity contribution >= 4 is 0 Å². The van der Waals surface area contributed by atoms with Crippen LogP contribution in [0.4, 0.5) is 0 Å². The minimum absolute atomic E-state index is 0.523. The highest BCUT2D eigenvalue weighted by Crippen LogP contribution is 2.02. The Morgan fingerprint density at radius 1 is 1.36 bits per heavy atom. The van der Waals surface area contributed by atoms with Gasteiger partial charge in [-0.05, 0) is 13.8 Å². The van der Waals surface area contributed by atoms with Crippen molar-refractivity contribution in [2.45, 2.75) is 26.2 Å². The van der Waals surface area contributed by atoms with Gasteiger partial charge < -0.3 is 14.6 Å². The molecule has 0 aliphatic rings. The highest BCUT2D eigenvalue weighted by molar-refractivity contribution is 4.80. The van der Waals surface area contributed by atoms with Crippen LogP contribution >= 0.6 is 0 Å². The van der Waals surface area contributed by atoms with E-state index in [9.17, 15) is 5.11 Å². The maximum absolute atomic E-state index is 9.21. The largest absolute Gasteiger partial charge is 0.384 e. The molecule has 0 aromatic heterocycles. The lowest BCUT2D eigenvalue weighted by molar-refractivity contribution is -0.177. The van der Waals surface area contributed by atoms with Gasteiger partial charge in [-0.1, -0.05) is 6.08 Å². The molecule has 1 unspecified atom stereocenters. The van der Waals surface area contributed by atoms with Crippen molar-refractivity contribution < 1.29 is 14.6 Å². The van der Waals surface area contributed by atoms with E-state index in [2.05, 4.69) is 6.58 Å². The first-order valence-corrected chi connectivity index (χ1v) is 3.80. The van der Waals surface area contributed by atoms with Crippen LogP contribution in [0.3, 0.4) is 0 Å². The molecule has 0 aromatic carbocycles. The summed E-state index contributed by atoms with van der Waals surface area (Å²) in [6.45, 7) is 8.18. The van der Waals surface area contributed by atoms with E-state index >= 15 is 0 Å². The summed E-state index contributed by atoms with van der Waals surface area (Å²) in [5, 5.41) is 9.21.